The van der Waals surface area contributed by atoms with Crippen LogP contribution in [-0.4, -0.2) is 35.9 Å². The largest absolute Gasteiger partial charge is 0.363 e. The number of hydrogen-bond donors (Lipinski definition) is 2. The number of pyridine rings is 1. The Labute approximate surface area is 262 Å². The maximum absolute atomic E-state index is 11.8. The van der Waals surface area contributed by atoms with Crippen molar-refractivity contribution < 1.29 is 9.59 Å². The third kappa shape index (κ3) is 7.06. The van der Waals surface area contributed by atoms with E-state index in [0.717, 1.165) is 11.4 Å². The van der Waals surface area contributed by atoms with E-state index in [1.165, 1.54) is 0 Å². The first-order valence-corrected chi connectivity index (χ1v) is 13.5. The molecule has 0 aliphatic carbocycles. The Morgan fingerprint density at radius 2 is 1.21 bits per heavy atom. The molecular formula is C31H22Cl3N7O2. The van der Waals surface area contributed by atoms with Gasteiger partial charge in [-0.1, -0.05) is 40.7 Å². The number of halogens is 3. The quantitative estimate of drug-likeness (QED) is 0.205. The third-order valence-electron chi connectivity index (χ3n) is 6.01. The molecule has 2 amide bonds. The molecule has 3 aromatic heterocycles. The van der Waals surface area contributed by atoms with E-state index < -0.39 is 11.8 Å². The van der Waals surface area contributed by atoms with Gasteiger partial charge in [0.05, 0.1) is 11.4 Å². The van der Waals surface area contributed by atoms with Gasteiger partial charge in [-0.05, 0) is 86.4 Å². The molecule has 214 valence electrons. The Balaban J connectivity index is 0.000000208. The van der Waals surface area contributed by atoms with Crippen molar-refractivity contribution in [3.8, 4) is 35.6 Å². The lowest BCUT2D eigenvalue weighted by molar-refractivity contribution is 0.0980. The number of nitrogens with two attached hydrogens (primary N) is 2. The van der Waals surface area contributed by atoms with Crippen LogP contribution in [0.5, 0.6) is 0 Å². The average Bonchev–Trinajstić information content (AvgIpc) is 3.50. The fraction of sp³-hybridized carbons (Fsp3) is 0.0645. The Bertz CT molecular complexity index is 1940. The molecule has 0 spiro atoms. The summed E-state index contributed by atoms with van der Waals surface area (Å²) in [6, 6.07) is 17.4. The number of terminal acetylenes is 1. The molecule has 0 aliphatic heterocycles. The van der Waals surface area contributed by atoms with Crippen LogP contribution in [-0.2, 0) is 0 Å². The highest BCUT2D eigenvalue weighted by molar-refractivity contribution is 6.31. The Morgan fingerprint density at radius 1 is 0.744 bits per heavy atom. The second-order valence-corrected chi connectivity index (χ2v) is 10.1. The minimum atomic E-state index is -0.641. The van der Waals surface area contributed by atoms with E-state index in [4.69, 9.17) is 52.7 Å². The number of carbonyl (C=O) groups is 2. The van der Waals surface area contributed by atoms with Gasteiger partial charge in [0.2, 0.25) is 11.6 Å². The van der Waals surface area contributed by atoms with Crippen molar-refractivity contribution in [2.45, 2.75) is 13.8 Å². The highest BCUT2D eigenvalue weighted by Crippen LogP contribution is 2.21. The van der Waals surface area contributed by atoms with Crippen molar-refractivity contribution in [2.24, 2.45) is 11.5 Å². The summed E-state index contributed by atoms with van der Waals surface area (Å²) in [6.07, 6.45) is 6.91. The lowest BCUT2D eigenvalue weighted by Crippen LogP contribution is -2.17. The smallest absolute Gasteiger partial charge is 0.285 e. The molecule has 3 heterocycles. The standard InChI is InChI=1S/C18H12Cl2N4O.C13H10ClN3O/c1-11-15(7-2-12-8-9-22-16(20)10-12)23-18(17(21)25)24(11)14-5-3-13(19)4-6-14;1-3-11-8(2)17(13(16-11)12(15)18)10-6-4-9(14)5-7-10/h3-6,8-10H,1H3,(H2,21,25);1,4-7H,2H3,(H2,15,18). The van der Waals surface area contributed by atoms with Crippen LogP contribution in [0.15, 0.2) is 66.9 Å². The Kier molecular flexibility index (Phi) is 9.54. The molecule has 2 aromatic carbocycles. The van der Waals surface area contributed by atoms with Crippen LogP contribution < -0.4 is 11.5 Å². The van der Waals surface area contributed by atoms with E-state index in [1.807, 2.05) is 6.92 Å². The van der Waals surface area contributed by atoms with Gasteiger partial charge in [-0.25, -0.2) is 15.0 Å². The highest BCUT2D eigenvalue weighted by atomic mass is 35.5. The zero-order valence-electron chi connectivity index (χ0n) is 22.8. The fourth-order valence-corrected chi connectivity index (χ4v) is 4.44. The van der Waals surface area contributed by atoms with E-state index in [2.05, 4.69) is 32.7 Å². The minimum absolute atomic E-state index is 0.108. The van der Waals surface area contributed by atoms with E-state index >= 15 is 0 Å². The molecule has 0 unspecified atom stereocenters. The first kappa shape index (κ1) is 30.9. The monoisotopic (exact) mass is 629 g/mol. The third-order valence-corrected chi connectivity index (χ3v) is 6.72. The molecular weight excluding hydrogens is 609 g/mol. The highest BCUT2D eigenvalue weighted by Gasteiger charge is 2.19. The summed E-state index contributed by atoms with van der Waals surface area (Å²) >= 11 is 17.6. The van der Waals surface area contributed by atoms with Crippen LogP contribution in [0.1, 0.15) is 49.6 Å². The minimum Gasteiger partial charge on any atom is -0.363 e. The number of amides is 2. The van der Waals surface area contributed by atoms with Gasteiger partial charge in [0.25, 0.3) is 11.8 Å². The van der Waals surface area contributed by atoms with E-state index in [1.54, 1.807) is 82.9 Å². The summed E-state index contributed by atoms with van der Waals surface area (Å²) in [5.41, 5.74) is 15.2. The van der Waals surface area contributed by atoms with Crippen LogP contribution >= 0.6 is 34.8 Å². The van der Waals surface area contributed by atoms with Crippen LogP contribution in [0.2, 0.25) is 15.2 Å². The SMILES string of the molecule is C#Cc1nc(C(N)=O)n(-c2ccc(Cl)cc2)c1C.Cc1c(C#Cc2ccnc(Cl)c2)nc(C(N)=O)n1-c1ccc(Cl)cc1. The van der Waals surface area contributed by atoms with Crippen molar-refractivity contribution in [2.75, 3.05) is 0 Å². The predicted octanol–water partition coefficient (Wildman–Crippen LogP) is 5.30. The van der Waals surface area contributed by atoms with Crippen LogP contribution in [0.25, 0.3) is 11.4 Å². The van der Waals surface area contributed by atoms with Gasteiger partial charge in [-0.2, -0.15) is 0 Å². The Hall–Kier alpha value is -5.06. The number of imidazole rings is 2. The number of aromatic nitrogens is 5. The zero-order valence-corrected chi connectivity index (χ0v) is 25.0. The van der Waals surface area contributed by atoms with E-state index in [-0.39, 0.29) is 11.6 Å². The second-order valence-electron chi connectivity index (χ2n) is 8.85. The lowest BCUT2D eigenvalue weighted by Gasteiger charge is -2.08. The van der Waals surface area contributed by atoms with Crippen LogP contribution in [0.3, 0.4) is 0 Å². The topological polar surface area (TPSA) is 135 Å². The molecule has 0 aliphatic rings. The van der Waals surface area contributed by atoms with Gasteiger partial charge < -0.3 is 11.5 Å². The van der Waals surface area contributed by atoms with Crippen molar-refractivity contribution in [1.82, 2.24) is 24.1 Å². The number of primary amides is 2. The molecule has 5 rings (SSSR count). The van der Waals surface area contributed by atoms with Crippen molar-refractivity contribution in [1.29, 1.82) is 0 Å². The van der Waals surface area contributed by atoms with Gasteiger partial charge in [0.15, 0.2) is 0 Å². The number of hydrogen-bond acceptors (Lipinski definition) is 5. The number of carbonyl (C=O) groups excluding carboxylic acids is 2. The van der Waals surface area contributed by atoms with Crippen LogP contribution in [0, 0.1) is 38.0 Å². The molecule has 0 bridgehead atoms. The first-order chi connectivity index (χ1) is 20.5. The van der Waals surface area contributed by atoms with Crippen LogP contribution in [0.4, 0.5) is 0 Å². The van der Waals surface area contributed by atoms with Gasteiger partial charge in [0, 0.05) is 33.2 Å². The van der Waals surface area contributed by atoms with E-state index in [9.17, 15) is 9.59 Å². The van der Waals surface area contributed by atoms with Crippen molar-refractivity contribution >= 4 is 46.6 Å². The second kappa shape index (κ2) is 13.3. The molecule has 12 heteroatoms. The molecule has 9 nitrogen and oxygen atoms in total. The van der Waals surface area contributed by atoms with Gasteiger partial charge in [-0.15, -0.1) is 6.42 Å². The summed E-state index contributed by atoms with van der Waals surface area (Å²) in [5, 5.41) is 1.55. The molecule has 0 saturated heterocycles. The van der Waals surface area contributed by atoms with Gasteiger partial charge in [-0.3, -0.25) is 18.7 Å². The van der Waals surface area contributed by atoms with E-state index in [0.29, 0.717) is 43.5 Å². The summed E-state index contributed by atoms with van der Waals surface area (Å²) in [7, 11) is 0. The van der Waals surface area contributed by atoms with Gasteiger partial charge in [0.1, 0.15) is 16.5 Å². The first-order valence-electron chi connectivity index (χ1n) is 12.4. The number of rotatable bonds is 4. The summed E-state index contributed by atoms with van der Waals surface area (Å²) < 4.78 is 3.27. The number of nitrogens with zero attached hydrogens (tertiary/aromatic N) is 5. The fourth-order valence-electron chi connectivity index (χ4n) is 4.01. The molecule has 43 heavy (non-hydrogen) atoms. The summed E-state index contributed by atoms with van der Waals surface area (Å²) in [5.74, 6) is 7.29. The maximum Gasteiger partial charge on any atom is 0.285 e. The lowest BCUT2D eigenvalue weighted by atomic mass is 10.2. The molecule has 0 atom stereocenters. The van der Waals surface area contributed by atoms with Crippen molar-refractivity contribution in [3.05, 3.63) is 122 Å². The molecule has 0 radical (unpaired) electrons. The summed E-state index contributed by atoms with van der Waals surface area (Å²) in [6.45, 7) is 3.60. The van der Waals surface area contributed by atoms with Crippen molar-refractivity contribution in [3.63, 3.8) is 0 Å². The summed E-state index contributed by atoms with van der Waals surface area (Å²) in [4.78, 5) is 35.4. The number of benzene rings is 2. The maximum atomic E-state index is 11.8. The van der Waals surface area contributed by atoms with Gasteiger partial charge >= 0.3 is 0 Å². The average molecular weight is 631 g/mol. The normalized spacial score (nSPS) is 10.1. The molecule has 5 aromatic rings. The Morgan fingerprint density at radius 3 is 1.65 bits per heavy atom. The predicted molar refractivity (Wildman–Crippen MR) is 167 cm³/mol. The molecule has 4 N–H and O–H groups in total. The zero-order chi connectivity index (χ0) is 31.3. The molecule has 0 fully saturated rings. The molecule has 0 saturated carbocycles.